The van der Waals surface area contributed by atoms with E-state index in [1.165, 1.54) is 11.8 Å². The molecule has 0 spiro atoms. The van der Waals surface area contributed by atoms with Gasteiger partial charge in [-0.3, -0.25) is 10.1 Å². The molecule has 0 saturated heterocycles. The van der Waals surface area contributed by atoms with Crippen LogP contribution >= 0.6 is 11.8 Å². The van der Waals surface area contributed by atoms with Gasteiger partial charge in [0, 0.05) is 11.6 Å². The van der Waals surface area contributed by atoms with Crippen LogP contribution in [-0.2, 0) is 11.3 Å². The fraction of sp³-hybridized carbons (Fsp3) is 0.304. The SMILES string of the molecule is Cc1cccc(NC(=O)NC(=O)CSc2nnc(C3CC3)n2Cc2ccccc2)c1C. The number of aromatic nitrogens is 3. The summed E-state index contributed by atoms with van der Waals surface area (Å²) in [5.41, 5.74) is 3.89. The third-order valence-electron chi connectivity index (χ3n) is 5.31. The van der Waals surface area contributed by atoms with Gasteiger partial charge in [0.05, 0.1) is 12.3 Å². The van der Waals surface area contributed by atoms with Gasteiger partial charge >= 0.3 is 6.03 Å². The number of thioether (sulfide) groups is 1. The Labute approximate surface area is 185 Å². The second-order valence-electron chi connectivity index (χ2n) is 7.73. The summed E-state index contributed by atoms with van der Waals surface area (Å²) < 4.78 is 2.08. The average Bonchev–Trinajstić information content (AvgIpc) is 3.52. The molecule has 1 aliphatic rings. The van der Waals surface area contributed by atoms with Crippen molar-refractivity contribution in [3.63, 3.8) is 0 Å². The molecule has 1 heterocycles. The van der Waals surface area contributed by atoms with E-state index in [0.717, 1.165) is 35.4 Å². The van der Waals surface area contributed by atoms with Crippen LogP contribution in [0.5, 0.6) is 0 Å². The number of carbonyl (C=O) groups excluding carboxylic acids is 2. The number of carbonyl (C=O) groups is 2. The van der Waals surface area contributed by atoms with Crippen LogP contribution in [0.25, 0.3) is 0 Å². The molecule has 8 heteroatoms. The van der Waals surface area contributed by atoms with Gasteiger partial charge in [0.25, 0.3) is 0 Å². The largest absolute Gasteiger partial charge is 0.325 e. The summed E-state index contributed by atoms with van der Waals surface area (Å²) in [5.74, 6) is 1.12. The number of rotatable bonds is 7. The fourth-order valence-electron chi connectivity index (χ4n) is 3.30. The highest BCUT2D eigenvalue weighted by Gasteiger charge is 2.30. The van der Waals surface area contributed by atoms with Gasteiger partial charge in [-0.25, -0.2) is 4.79 Å². The molecule has 0 bridgehead atoms. The predicted molar refractivity (Wildman–Crippen MR) is 121 cm³/mol. The van der Waals surface area contributed by atoms with E-state index in [1.54, 1.807) is 0 Å². The van der Waals surface area contributed by atoms with E-state index >= 15 is 0 Å². The third kappa shape index (κ3) is 5.32. The van der Waals surface area contributed by atoms with Crippen molar-refractivity contribution in [2.45, 2.75) is 44.3 Å². The third-order valence-corrected chi connectivity index (χ3v) is 6.28. The maximum atomic E-state index is 12.3. The molecular weight excluding hydrogens is 410 g/mol. The first-order valence-corrected chi connectivity index (χ1v) is 11.3. The highest BCUT2D eigenvalue weighted by atomic mass is 32.2. The Morgan fingerprint density at radius 2 is 1.84 bits per heavy atom. The second-order valence-corrected chi connectivity index (χ2v) is 8.67. The van der Waals surface area contributed by atoms with Crippen molar-refractivity contribution in [1.29, 1.82) is 0 Å². The molecule has 0 atom stereocenters. The zero-order valence-corrected chi connectivity index (χ0v) is 18.4. The molecule has 7 nitrogen and oxygen atoms in total. The van der Waals surface area contributed by atoms with Crippen molar-refractivity contribution < 1.29 is 9.59 Å². The van der Waals surface area contributed by atoms with E-state index < -0.39 is 6.03 Å². The van der Waals surface area contributed by atoms with Crippen LogP contribution in [0.1, 0.15) is 41.3 Å². The lowest BCUT2D eigenvalue weighted by Crippen LogP contribution is -2.35. The van der Waals surface area contributed by atoms with Gasteiger partial charge in [0.2, 0.25) is 5.91 Å². The molecule has 1 aliphatic carbocycles. The molecule has 1 aromatic heterocycles. The van der Waals surface area contributed by atoms with E-state index in [0.29, 0.717) is 23.3 Å². The van der Waals surface area contributed by atoms with E-state index in [9.17, 15) is 9.59 Å². The molecule has 1 saturated carbocycles. The highest BCUT2D eigenvalue weighted by Crippen LogP contribution is 2.40. The molecule has 2 N–H and O–H groups in total. The molecule has 3 aromatic rings. The Morgan fingerprint density at radius 1 is 1.06 bits per heavy atom. The van der Waals surface area contributed by atoms with Crippen molar-refractivity contribution in [3.05, 3.63) is 71.0 Å². The average molecular weight is 436 g/mol. The number of urea groups is 1. The molecule has 160 valence electrons. The first-order chi connectivity index (χ1) is 15.0. The molecule has 0 radical (unpaired) electrons. The topological polar surface area (TPSA) is 88.9 Å². The minimum Gasteiger partial charge on any atom is -0.307 e. The summed E-state index contributed by atoms with van der Waals surface area (Å²) in [5, 5.41) is 14.5. The van der Waals surface area contributed by atoms with Crippen molar-refractivity contribution in [2.75, 3.05) is 11.1 Å². The number of aryl methyl sites for hydroxylation is 1. The monoisotopic (exact) mass is 435 g/mol. The van der Waals surface area contributed by atoms with Crippen molar-refractivity contribution in [3.8, 4) is 0 Å². The lowest BCUT2D eigenvalue weighted by Gasteiger charge is -2.11. The summed E-state index contributed by atoms with van der Waals surface area (Å²) >= 11 is 1.29. The minimum atomic E-state index is -0.538. The summed E-state index contributed by atoms with van der Waals surface area (Å²) in [7, 11) is 0. The molecule has 2 aromatic carbocycles. The molecule has 0 unspecified atom stereocenters. The fourth-order valence-corrected chi connectivity index (χ4v) is 4.04. The highest BCUT2D eigenvalue weighted by molar-refractivity contribution is 7.99. The van der Waals surface area contributed by atoms with Crippen LogP contribution in [0.4, 0.5) is 10.5 Å². The van der Waals surface area contributed by atoms with Crippen molar-refractivity contribution >= 4 is 29.4 Å². The Bertz CT molecular complexity index is 1090. The Hall–Kier alpha value is -3.13. The number of nitrogens with zero attached hydrogens (tertiary/aromatic N) is 3. The normalized spacial score (nSPS) is 13.1. The molecule has 3 amide bonds. The quantitative estimate of drug-likeness (QED) is 0.541. The lowest BCUT2D eigenvalue weighted by molar-refractivity contribution is -0.117. The number of hydrogen-bond donors (Lipinski definition) is 2. The van der Waals surface area contributed by atoms with E-state index in [-0.39, 0.29) is 11.7 Å². The van der Waals surface area contributed by atoms with Gasteiger partial charge in [0.1, 0.15) is 5.82 Å². The molecule has 1 fully saturated rings. The molecule has 31 heavy (non-hydrogen) atoms. The molecular formula is C23H25N5O2S. The Balaban J connectivity index is 1.37. The van der Waals surface area contributed by atoms with Crippen LogP contribution < -0.4 is 10.6 Å². The predicted octanol–water partition coefficient (Wildman–Crippen LogP) is 4.26. The smallest absolute Gasteiger partial charge is 0.307 e. The standard InChI is InChI=1S/C23H25N5O2S/c1-15-7-6-10-19(16(15)2)24-22(30)25-20(29)14-31-23-27-26-21(18-11-12-18)28(23)13-17-8-4-3-5-9-17/h3-10,18H,11-14H2,1-2H3,(H2,24,25,29,30). The van der Waals surface area contributed by atoms with E-state index in [1.807, 2.05) is 50.2 Å². The van der Waals surface area contributed by atoms with Crippen molar-refractivity contribution in [2.24, 2.45) is 0 Å². The number of anilines is 1. The van der Waals surface area contributed by atoms with E-state index in [4.69, 9.17) is 0 Å². The minimum absolute atomic E-state index is 0.0812. The van der Waals surface area contributed by atoms with Crippen LogP contribution in [-0.4, -0.2) is 32.5 Å². The summed E-state index contributed by atoms with van der Waals surface area (Å²) in [4.78, 5) is 24.6. The van der Waals surface area contributed by atoms with Crippen molar-refractivity contribution in [1.82, 2.24) is 20.1 Å². The first-order valence-electron chi connectivity index (χ1n) is 10.3. The summed E-state index contributed by atoms with van der Waals surface area (Å²) in [6.07, 6.45) is 2.24. The van der Waals surface area contributed by atoms with Gasteiger partial charge in [0.15, 0.2) is 5.16 Å². The zero-order valence-electron chi connectivity index (χ0n) is 17.6. The molecule has 4 rings (SSSR count). The van der Waals surface area contributed by atoms with Gasteiger partial charge in [-0.2, -0.15) is 0 Å². The van der Waals surface area contributed by atoms with Gasteiger partial charge in [-0.15, -0.1) is 10.2 Å². The number of benzene rings is 2. The number of amides is 3. The lowest BCUT2D eigenvalue weighted by atomic mass is 10.1. The maximum Gasteiger partial charge on any atom is 0.325 e. The maximum absolute atomic E-state index is 12.3. The summed E-state index contributed by atoms with van der Waals surface area (Å²) in [6.45, 7) is 4.57. The van der Waals surface area contributed by atoms with Gasteiger partial charge in [-0.1, -0.05) is 54.2 Å². The Morgan fingerprint density at radius 3 is 2.58 bits per heavy atom. The van der Waals surface area contributed by atoms with Gasteiger partial charge < -0.3 is 9.88 Å². The molecule has 0 aliphatic heterocycles. The summed E-state index contributed by atoms with van der Waals surface area (Å²) in [6, 6.07) is 15.2. The van der Waals surface area contributed by atoms with Crippen LogP contribution in [0.3, 0.4) is 0 Å². The number of hydrogen-bond acceptors (Lipinski definition) is 5. The Kier molecular flexibility index (Phi) is 6.36. The van der Waals surface area contributed by atoms with E-state index in [2.05, 4.69) is 37.5 Å². The number of nitrogens with one attached hydrogen (secondary N) is 2. The first kappa shape index (κ1) is 21.1. The van der Waals surface area contributed by atoms with Gasteiger partial charge in [-0.05, 0) is 49.4 Å². The van der Waals surface area contributed by atoms with Crippen LogP contribution in [0.2, 0.25) is 0 Å². The zero-order chi connectivity index (χ0) is 21.8. The number of imide groups is 1. The van der Waals surface area contributed by atoms with Crippen LogP contribution in [0.15, 0.2) is 53.7 Å². The second kappa shape index (κ2) is 9.34. The van der Waals surface area contributed by atoms with Crippen LogP contribution in [0, 0.1) is 13.8 Å².